The fourth-order valence-corrected chi connectivity index (χ4v) is 1.45. The van der Waals surface area contributed by atoms with E-state index in [9.17, 15) is 4.79 Å². The fraction of sp³-hybridized carbons (Fsp3) is 0.417. The molecular weight excluding hydrogens is 202 g/mol. The third kappa shape index (κ3) is 3.24. The van der Waals surface area contributed by atoms with Crippen LogP contribution in [0.5, 0.6) is 0 Å². The first-order valence-corrected chi connectivity index (χ1v) is 5.41. The molecule has 0 aliphatic rings. The van der Waals surface area contributed by atoms with Gasteiger partial charge in [0.2, 0.25) is 0 Å². The number of hydrogen-bond donors (Lipinski definition) is 2. The lowest BCUT2D eigenvalue weighted by Gasteiger charge is -2.16. The van der Waals surface area contributed by atoms with Crippen LogP contribution in [0.1, 0.15) is 16.8 Å². The highest BCUT2D eigenvalue weighted by atomic mass is 16.1. The van der Waals surface area contributed by atoms with Gasteiger partial charge >= 0.3 is 0 Å². The predicted octanol–water partition coefficient (Wildman–Crippen LogP) is 0.831. The zero-order valence-corrected chi connectivity index (χ0v) is 9.86. The van der Waals surface area contributed by atoms with Crippen LogP contribution in [0.2, 0.25) is 0 Å². The Bertz CT molecular complexity index is 350. The second kappa shape index (κ2) is 6.12. The van der Waals surface area contributed by atoms with Gasteiger partial charge < -0.3 is 16.0 Å². The zero-order chi connectivity index (χ0) is 12.0. The molecule has 0 aromatic heterocycles. The number of anilines is 1. The van der Waals surface area contributed by atoms with E-state index in [-0.39, 0.29) is 5.91 Å². The summed E-state index contributed by atoms with van der Waals surface area (Å²) in [6, 6.07) is 7.54. The van der Waals surface area contributed by atoms with Crippen LogP contribution in [0.3, 0.4) is 0 Å². The summed E-state index contributed by atoms with van der Waals surface area (Å²) < 4.78 is 0. The molecule has 0 aliphatic heterocycles. The summed E-state index contributed by atoms with van der Waals surface area (Å²) in [5, 5.41) is 2.85. The predicted molar refractivity (Wildman–Crippen MR) is 66.8 cm³/mol. The highest BCUT2D eigenvalue weighted by molar-refractivity contribution is 5.99. The highest BCUT2D eigenvalue weighted by Gasteiger charge is 2.10. The molecule has 0 atom stereocenters. The number of carbonyl (C=O) groups is 1. The fourth-order valence-electron chi connectivity index (χ4n) is 1.45. The smallest absolute Gasteiger partial charge is 0.253 e. The standard InChI is InChI=1S/C12H19N3O/c1-15(2)11-7-4-3-6-10(11)12(16)14-9-5-8-13/h3-4,6-7H,5,8-9,13H2,1-2H3,(H,14,16). The molecule has 1 rings (SSSR count). The molecule has 1 aromatic carbocycles. The second-order valence-electron chi connectivity index (χ2n) is 3.81. The first kappa shape index (κ1) is 12.5. The van der Waals surface area contributed by atoms with Crippen LogP contribution in [-0.2, 0) is 0 Å². The summed E-state index contributed by atoms with van der Waals surface area (Å²) in [4.78, 5) is 13.8. The van der Waals surface area contributed by atoms with Crippen molar-refractivity contribution in [3.63, 3.8) is 0 Å². The number of benzene rings is 1. The number of carbonyl (C=O) groups excluding carboxylic acids is 1. The van der Waals surface area contributed by atoms with Crippen LogP contribution in [-0.4, -0.2) is 33.1 Å². The van der Waals surface area contributed by atoms with E-state index >= 15 is 0 Å². The van der Waals surface area contributed by atoms with E-state index in [1.807, 2.05) is 43.3 Å². The molecule has 3 N–H and O–H groups in total. The Labute approximate surface area is 96.4 Å². The number of nitrogens with one attached hydrogen (secondary N) is 1. The molecule has 0 saturated carbocycles. The molecule has 88 valence electrons. The van der Waals surface area contributed by atoms with Gasteiger partial charge in [0.15, 0.2) is 0 Å². The lowest BCUT2D eigenvalue weighted by Crippen LogP contribution is -2.27. The second-order valence-corrected chi connectivity index (χ2v) is 3.81. The Morgan fingerprint density at radius 2 is 2.06 bits per heavy atom. The molecule has 1 amide bonds. The molecule has 0 unspecified atom stereocenters. The number of nitrogens with zero attached hydrogens (tertiary/aromatic N) is 1. The summed E-state index contributed by atoms with van der Waals surface area (Å²) in [5.74, 6) is -0.0437. The summed E-state index contributed by atoms with van der Waals surface area (Å²) in [5.41, 5.74) is 6.99. The van der Waals surface area contributed by atoms with Crippen molar-refractivity contribution < 1.29 is 4.79 Å². The monoisotopic (exact) mass is 221 g/mol. The summed E-state index contributed by atoms with van der Waals surface area (Å²) in [6.45, 7) is 1.21. The number of hydrogen-bond acceptors (Lipinski definition) is 3. The molecule has 0 saturated heterocycles. The van der Waals surface area contributed by atoms with E-state index in [4.69, 9.17) is 5.73 Å². The first-order valence-electron chi connectivity index (χ1n) is 5.41. The third-order valence-electron chi connectivity index (χ3n) is 2.30. The van der Waals surface area contributed by atoms with E-state index in [1.165, 1.54) is 0 Å². The van der Waals surface area contributed by atoms with E-state index in [2.05, 4.69) is 5.32 Å². The number of rotatable bonds is 5. The molecular formula is C12H19N3O. The number of nitrogens with two attached hydrogens (primary N) is 1. The van der Waals surface area contributed by atoms with Gasteiger partial charge in [0, 0.05) is 26.3 Å². The quantitative estimate of drug-likeness (QED) is 0.724. The molecule has 4 heteroatoms. The van der Waals surface area contributed by atoms with E-state index < -0.39 is 0 Å². The zero-order valence-electron chi connectivity index (χ0n) is 9.86. The molecule has 4 nitrogen and oxygen atoms in total. The lowest BCUT2D eigenvalue weighted by atomic mass is 10.1. The maximum atomic E-state index is 11.9. The summed E-state index contributed by atoms with van der Waals surface area (Å²) in [6.07, 6.45) is 0.801. The lowest BCUT2D eigenvalue weighted by molar-refractivity contribution is 0.0954. The van der Waals surface area contributed by atoms with Crippen LogP contribution in [0.15, 0.2) is 24.3 Å². The van der Waals surface area contributed by atoms with Gasteiger partial charge in [0.05, 0.1) is 5.56 Å². The molecule has 0 spiro atoms. The van der Waals surface area contributed by atoms with E-state index in [1.54, 1.807) is 0 Å². The van der Waals surface area contributed by atoms with Gasteiger partial charge in [0.25, 0.3) is 5.91 Å². The Hall–Kier alpha value is -1.55. The van der Waals surface area contributed by atoms with Crippen LogP contribution in [0, 0.1) is 0 Å². The minimum absolute atomic E-state index is 0.0437. The van der Waals surface area contributed by atoms with Crippen LogP contribution in [0.25, 0.3) is 0 Å². The van der Waals surface area contributed by atoms with Gasteiger partial charge in [0.1, 0.15) is 0 Å². The Kier molecular flexibility index (Phi) is 4.79. The molecule has 16 heavy (non-hydrogen) atoms. The molecule has 0 fully saturated rings. The van der Waals surface area contributed by atoms with Crippen molar-refractivity contribution in [2.75, 3.05) is 32.1 Å². The number of amides is 1. The SMILES string of the molecule is CN(C)c1ccccc1C(=O)NCCCN. The van der Waals surface area contributed by atoms with Crippen molar-refractivity contribution in [1.29, 1.82) is 0 Å². The van der Waals surface area contributed by atoms with Crippen molar-refractivity contribution in [2.24, 2.45) is 5.73 Å². The summed E-state index contributed by atoms with van der Waals surface area (Å²) in [7, 11) is 3.85. The Morgan fingerprint density at radius 1 is 1.38 bits per heavy atom. The van der Waals surface area contributed by atoms with E-state index in [0.29, 0.717) is 18.7 Å². The van der Waals surface area contributed by atoms with Gasteiger partial charge in [-0.05, 0) is 25.1 Å². The maximum absolute atomic E-state index is 11.9. The number of para-hydroxylation sites is 1. The van der Waals surface area contributed by atoms with Gasteiger partial charge in [-0.15, -0.1) is 0 Å². The molecule has 0 aliphatic carbocycles. The molecule has 0 heterocycles. The van der Waals surface area contributed by atoms with Crippen molar-refractivity contribution in [3.8, 4) is 0 Å². The van der Waals surface area contributed by atoms with Gasteiger partial charge in [-0.1, -0.05) is 12.1 Å². The van der Waals surface area contributed by atoms with Crippen molar-refractivity contribution >= 4 is 11.6 Å². The van der Waals surface area contributed by atoms with E-state index in [0.717, 1.165) is 12.1 Å². The Balaban J connectivity index is 2.74. The van der Waals surface area contributed by atoms with Crippen LogP contribution < -0.4 is 16.0 Å². The van der Waals surface area contributed by atoms with Gasteiger partial charge in [-0.2, -0.15) is 0 Å². The molecule has 1 aromatic rings. The normalized spacial score (nSPS) is 9.94. The van der Waals surface area contributed by atoms with Crippen molar-refractivity contribution in [2.45, 2.75) is 6.42 Å². The maximum Gasteiger partial charge on any atom is 0.253 e. The average Bonchev–Trinajstić information content (AvgIpc) is 2.29. The minimum atomic E-state index is -0.0437. The Morgan fingerprint density at radius 3 is 2.69 bits per heavy atom. The van der Waals surface area contributed by atoms with Gasteiger partial charge in [-0.3, -0.25) is 4.79 Å². The first-order chi connectivity index (χ1) is 7.66. The van der Waals surface area contributed by atoms with Gasteiger partial charge in [-0.25, -0.2) is 0 Å². The van der Waals surface area contributed by atoms with Crippen molar-refractivity contribution in [3.05, 3.63) is 29.8 Å². The van der Waals surface area contributed by atoms with Crippen LogP contribution in [0.4, 0.5) is 5.69 Å². The molecule has 0 bridgehead atoms. The molecule has 0 radical (unpaired) electrons. The van der Waals surface area contributed by atoms with Crippen LogP contribution >= 0.6 is 0 Å². The third-order valence-corrected chi connectivity index (χ3v) is 2.30. The largest absolute Gasteiger partial charge is 0.377 e. The minimum Gasteiger partial charge on any atom is -0.377 e. The summed E-state index contributed by atoms with van der Waals surface area (Å²) >= 11 is 0. The highest BCUT2D eigenvalue weighted by Crippen LogP contribution is 2.17. The average molecular weight is 221 g/mol. The van der Waals surface area contributed by atoms with Crippen molar-refractivity contribution in [1.82, 2.24) is 5.32 Å². The topological polar surface area (TPSA) is 58.4 Å².